The van der Waals surface area contributed by atoms with Gasteiger partial charge in [-0.3, -0.25) is 0 Å². The summed E-state index contributed by atoms with van der Waals surface area (Å²) in [5.41, 5.74) is 3.87. The molecule has 90 valence electrons. The van der Waals surface area contributed by atoms with E-state index in [1.165, 1.54) is 23.1 Å². The Hall–Kier alpha value is -1.50. The van der Waals surface area contributed by atoms with Gasteiger partial charge in [0.25, 0.3) is 0 Å². The topological polar surface area (TPSA) is 9.23 Å². The van der Waals surface area contributed by atoms with E-state index in [-0.39, 0.29) is 0 Å². The lowest BCUT2D eigenvalue weighted by molar-refractivity contribution is 0.269. The van der Waals surface area contributed by atoms with Crippen LogP contribution < -0.4 is 0 Å². The Bertz CT molecular complexity index is 441. The summed E-state index contributed by atoms with van der Waals surface area (Å²) < 4.78 is 5.91. The fourth-order valence-corrected chi connectivity index (χ4v) is 2.07. The second-order valence-corrected chi connectivity index (χ2v) is 4.44. The zero-order valence-corrected chi connectivity index (χ0v) is 10.7. The van der Waals surface area contributed by atoms with E-state index in [1.807, 2.05) is 0 Å². The van der Waals surface area contributed by atoms with E-state index in [0.717, 1.165) is 25.2 Å². The van der Waals surface area contributed by atoms with Crippen LogP contribution in [0.25, 0.3) is 11.3 Å². The van der Waals surface area contributed by atoms with E-state index in [0.29, 0.717) is 0 Å². The first-order valence-electron chi connectivity index (χ1n) is 6.42. The standard InChI is InChI=1S/C16H20O/c1-3-4-12-17-16-11-7-8-13(2)14-9-5-6-10-15(14)16/h5-6,8-11H,3-4,7,12H2,1-2H3. The normalized spacial score (nSPS) is 14.5. The van der Waals surface area contributed by atoms with Crippen LogP contribution in [0, 0.1) is 0 Å². The number of allylic oxidation sites excluding steroid dienone is 3. The molecular weight excluding hydrogens is 208 g/mol. The maximum absolute atomic E-state index is 5.91. The average molecular weight is 228 g/mol. The van der Waals surface area contributed by atoms with Gasteiger partial charge in [0.2, 0.25) is 0 Å². The fraction of sp³-hybridized carbons (Fsp3) is 0.375. The van der Waals surface area contributed by atoms with Crippen molar-refractivity contribution < 1.29 is 4.74 Å². The predicted octanol–water partition coefficient (Wildman–Crippen LogP) is 4.65. The number of unbranched alkanes of at least 4 members (excludes halogenated alkanes) is 1. The highest BCUT2D eigenvalue weighted by atomic mass is 16.5. The van der Waals surface area contributed by atoms with E-state index >= 15 is 0 Å². The van der Waals surface area contributed by atoms with Crippen molar-refractivity contribution in [1.82, 2.24) is 0 Å². The smallest absolute Gasteiger partial charge is 0.123 e. The molecule has 0 fully saturated rings. The molecule has 1 nitrogen and oxygen atoms in total. The lowest BCUT2D eigenvalue weighted by Crippen LogP contribution is -1.97. The van der Waals surface area contributed by atoms with Crippen molar-refractivity contribution in [2.75, 3.05) is 6.61 Å². The summed E-state index contributed by atoms with van der Waals surface area (Å²) in [5.74, 6) is 1.04. The summed E-state index contributed by atoms with van der Waals surface area (Å²) in [6.07, 6.45) is 7.69. The highest BCUT2D eigenvalue weighted by molar-refractivity contribution is 5.78. The molecule has 0 spiro atoms. The van der Waals surface area contributed by atoms with E-state index in [2.05, 4.69) is 50.3 Å². The summed E-state index contributed by atoms with van der Waals surface area (Å²) >= 11 is 0. The highest BCUT2D eigenvalue weighted by Crippen LogP contribution is 2.29. The van der Waals surface area contributed by atoms with Crippen LogP contribution in [-0.2, 0) is 4.74 Å². The maximum Gasteiger partial charge on any atom is 0.123 e. The largest absolute Gasteiger partial charge is 0.493 e. The Morgan fingerprint density at radius 3 is 2.65 bits per heavy atom. The van der Waals surface area contributed by atoms with Crippen molar-refractivity contribution in [3.63, 3.8) is 0 Å². The minimum absolute atomic E-state index is 0.815. The second-order valence-electron chi connectivity index (χ2n) is 4.44. The summed E-state index contributed by atoms with van der Waals surface area (Å²) in [4.78, 5) is 0. The number of hydrogen-bond acceptors (Lipinski definition) is 1. The van der Waals surface area contributed by atoms with Crippen LogP contribution in [0.3, 0.4) is 0 Å². The Morgan fingerprint density at radius 2 is 1.88 bits per heavy atom. The highest BCUT2D eigenvalue weighted by Gasteiger charge is 2.11. The van der Waals surface area contributed by atoms with Crippen LogP contribution in [0.15, 0.2) is 36.4 Å². The second kappa shape index (κ2) is 5.72. The monoisotopic (exact) mass is 228 g/mol. The van der Waals surface area contributed by atoms with Gasteiger partial charge in [-0.25, -0.2) is 0 Å². The third-order valence-corrected chi connectivity index (χ3v) is 3.10. The van der Waals surface area contributed by atoms with Gasteiger partial charge in [0.15, 0.2) is 0 Å². The van der Waals surface area contributed by atoms with E-state index in [4.69, 9.17) is 4.74 Å². The van der Waals surface area contributed by atoms with Crippen molar-refractivity contribution in [2.45, 2.75) is 33.1 Å². The maximum atomic E-state index is 5.91. The van der Waals surface area contributed by atoms with Gasteiger partial charge >= 0.3 is 0 Å². The van der Waals surface area contributed by atoms with E-state index in [9.17, 15) is 0 Å². The van der Waals surface area contributed by atoms with E-state index < -0.39 is 0 Å². The molecule has 0 heterocycles. The number of hydrogen-bond donors (Lipinski definition) is 0. The molecule has 0 radical (unpaired) electrons. The minimum Gasteiger partial charge on any atom is -0.493 e. The van der Waals surface area contributed by atoms with Crippen LogP contribution in [0.1, 0.15) is 44.2 Å². The van der Waals surface area contributed by atoms with Gasteiger partial charge in [-0.05, 0) is 37.0 Å². The number of benzene rings is 1. The SMILES string of the molecule is CCCCOC1=CCC=C(C)c2ccccc21. The van der Waals surface area contributed by atoms with Gasteiger partial charge in [-0.2, -0.15) is 0 Å². The van der Waals surface area contributed by atoms with Crippen LogP contribution >= 0.6 is 0 Å². The lowest BCUT2D eigenvalue weighted by atomic mass is 10.0. The van der Waals surface area contributed by atoms with Crippen LogP contribution in [0.5, 0.6) is 0 Å². The molecule has 17 heavy (non-hydrogen) atoms. The number of rotatable bonds is 4. The minimum atomic E-state index is 0.815. The van der Waals surface area contributed by atoms with Crippen molar-refractivity contribution in [1.29, 1.82) is 0 Å². The molecule has 1 aliphatic carbocycles. The lowest BCUT2D eigenvalue weighted by Gasteiger charge is -2.13. The molecule has 0 bridgehead atoms. The van der Waals surface area contributed by atoms with Gasteiger partial charge < -0.3 is 4.74 Å². The Balaban J connectivity index is 2.25. The third kappa shape index (κ3) is 2.79. The summed E-state index contributed by atoms with van der Waals surface area (Å²) in [6.45, 7) is 5.17. The van der Waals surface area contributed by atoms with Gasteiger partial charge in [0.1, 0.15) is 5.76 Å². The first-order valence-corrected chi connectivity index (χ1v) is 6.42. The number of ether oxygens (including phenoxy) is 1. The fourth-order valence-electron chi connectivity index (χ4n) is 2.07. The first-order chi connectivity index (χ1) is 8.33. The Labute approximate surface area is 104 Å². The molecule has 0 saturated carbocycles. The summed E-state index contributed by atoms with van der Waals surface area (Å²) in [5, 5.41) is 0. The molecule has 0 amide bonds. The van der Waals surface area contributed by atoms with Crippen LogP contribution in [0.4, 0.5) is 0 Å². The molecule has 0 aromatic heterocycles. The summed E-state index contributed by atoms with van der Waals surface area (Å²) in [7, 11) is 0. The first kappa shape index (κ1) is 12.0. The van der Waals surface area contributed by atoms with Gasteiger partial charge in [-0.1, -0.05) is 43.7 Å². The van der Waals surface area contributed by atoms with Crippen molar-refractivity contribution in [3.8, 4) is 0 Å². The van der Waals surface area contributed by atoms with Crippen molar-refractivity contribution in [3.05, 3.63) is 47.5 Å². The van der Waals surface area contributed by atoms with Gasteiger partial charge in [0, 0.05) is 5.56 Å². The molecule has 0 saturated heterocycles. The Kier molecular flexibility index (Phi) is 4.03. The predicted molar refractivity (Wildman–Crippen MR) is 73.5 cm³/mol. The molecule has 2 rings (SSSR count). The third-order valence-electron chi connectivity index (χ3n) is 3.10. The molecule has 0 N–H and O–H groups in total. The molecule has 1 aromatic rings. The molecule has 1 aliphatic rings. The van der Waals surface area contributed by atoms with E-state index in [1.54, 1.807) is 0 Å². The van der Waals surface area contributed by atoms with Crippen molar-refractivity contribution >= 4 is 11.3 Å². The average Bonchev–Trinajstić information content (AvgIpc) is 2.51. The molecular formula is C16H20O. The molecule has 0 atom stereocenters. The number of fused-ring (bicyclic) bond motifs is 1. The van der Waals surface area contributed by atoms with Crippen LogP contribution in [-0.4, -0.2) is 6.61 Å². The molecule has 1 aromatic carbocycles. The molecule has 0 aliphatic heterocycles. The molecule has 1 heteroatoms. The molecule has 0 unspecified atom stereocenters. The van der Waals surface area contributed by atoms with Crippen molar-refractivity contribution in [2.24, 2.45) is 0 Å². The quantitative estimate of drug-likeness (QED) is 0.681. The van der Waals surface area contributed by atoms with Crippen LogP contribution in [0.2, 0.25) is 0 Å². The Morgan fingerprint density at radius 1 is 1.12 bits per heavy atom. The summed E-state index contributed by atoms with van der Waals surface area (Å²) in [6, 6.07) is 8.49. The zero-order chi connectivity index (χ0) is 12.1. The van der Waals surface area contributed by atoms with Gasteiger partial charge in [-0.15, -0.1) is 0 Å². The zero-order valence-electron chi connectivity index (χ0n) is 10.7. The van der Waals surface area contributed by atoms with Gasteiger partial charge in [0.05, 0.1) is 6.61 Å².